The normalized spacial score (nSPS) is 21.6. The minimum atomic E-state index is -0.417. The molecule has 0 amide bonds. The molecule has 1 atom stereocenters. The van der Waals surface area contributed by atoms with Gasteiger partial charge in [0, 0.05) is 10.7 Å². The number of halogens is 1. The molecule has 0 bridgehead atoms. The van der Waals surface area contributed by atoms with Gasteiger partial charge < -0.3 is 5.11 Å². The van der Waals surface area contributed by atoms with Crippen LogP contribution in [0.5, 0.6) is 0 Å². The summed E-state index contributed by atoms with van der Waals surface area (Å²) in [4.78, 5) is 9.51. The smallest absolute Gasteiger partial charge is 0.155 e. The summed E-state index contributed by atoms with van der Waals surface area (Å²) >= 11 is 3.35. The number of aliphatic hydroxyl groups is 1. The zero-order chi connectivity index (χ0) is 10.1. The number of hydroxylamine groups is 1. The molecule has 1 aromatic rings. The summed E-state index contributed by atoms with van der Waals surface area (Å²) in [6, 6.07) is 1.97. The molecule has 14 heavy (non-hydrogen) atoms. The second-order valence-electron chi connectivity index (χ2n) is 3.30. The quantitative estimate of drug-likeness (QED) is 0.824. The third kappa shape index (κ3) is 1.89. The molecular weight excluding hydrogens is 248 g/mol. The first-order valence-electron chi connectivity index (χ1n) is 4.37. The lowest BCUT2D eigenvalue weighted by Gasteiger charge is -2.16. The average molecular weight is 259 g/mol. The Balaban J connectivity index is 2.24. The summed E-state index contributed by atoms with van der Waals surface area (Å²) in [7, 11) is 0. The molecule has 1 aliphatic heterocycles. The number of aliphatic hydroxyl groups excluding tert-OH is 1. The molecule has 2 rings (SSSR count). The van der Waals surface area contributed by atoms with Gasteiger partial charge in [0.1, 0.15) is 6.61 Å². The summed E-state index contributed by atoms with van der Waals surface area (Å²) < 4.78 is 0.943. The molecule has 1 N–H and O–H groups in total. The van der Waals surface area contributed by atoms with Crippen molar-refractivity contribution in [2.45, 2.75) is 13.0 Å². The van der Waals surface area contributed by atoms with Crippen molar-refractivity contribution < 1.29 is 9.94 Å². The Labute approximate surface area is 90.6 Å². The maximum Gasteiger partial charge on any atom is 0.155 e. The number of hydrogen-bond acceptors (Lipinski definition) is 4. The van der Waals surface area contributed by atoms with E-state index in [4.69, 9.17) is 4.84 Å². The van der Waals surface area contributed by atoms with Gasteiger partial charge in [0.25, 0.3) is 0 Å². The van der Waals surface area contributed by atoms with Crippen molar-refractivity contribution in [2.75, 3.05) is 18.2 Å². The van der Waals surface area contributed by atoms with Crippen molar-refractivity contribution in [2.24, 2.45) is 0 Å². The van der Waals surface area contributed by atoms with Gasteiger partial charge in [-0.2, -0.15) is 0 Å². The molecule has 0 aliphatic carbocycles. The number of β-amino-alcohol motifs (C(OH)–C–C–N with tert-alkyl or cyclic N) is 1. The Morgan fingerprint density at radius 3 is 3.07 bits per heavy atom. The van der Waals surface area contributed by atoms with Gasteiger partial charge in [-0.05, 0) is 34.5 Å². The third-order valence-corrected chi connectivity index (χ3v) is 2.49. The van der Waals surface area contributed by atoms with E-state index in [2.05, 4.69) is 20.9 Å². The van der Waals surface area contributed by atoms with Crippen molar-refractivity contribution in [1.82, 2.24) is 4.98 Å². The largest absolute Gasteiger partial charge is 0.389 e. The lowest BCUT2D eigenvalue weighted by molar-refractivity contribution is 0.115. The van der Waals surface area contributed by atoms with Crippen LogP contribution in [0.15, 0.2) is 16.7 Å². The summed E-state index contributed by atoms with van der Waals surface area (Å²) in [6.45, 7) is 2.79. The molecule has 1 unspecified atom stereocenters. The fraction of sp³-hybridized carbons (Fsp3) is 0.444. The topological polar surface area (TPSA) is 45.6 Å². The fourth-order valence-electron chi connectivity index (χ4n) is 1.41. The number of pyridine rings is 1. The Morgan fingerprint density at radius 2 is 2.50 bits per heavy atom. The lowest BCUT2D eigenvalue weighted by Crippen LogP contribution is -2.21. The van der Waals surface area contributed by atoms with E-state index >= 15 is 0 Å². The fourth-order valence-corrected chi connectivity index (χ4v) is 1.86. The highest BCUT2D eigenvalue weighted by Crippen LogP contribution is 2.23. The van der Waals surface area contributed by atoms with E-state index in [1.807, 2.05) is 13.0 Å². The zero-order valence-electron chi connectivity index (χ0n) is 7.77. The third-order valence-electron chi connectivity index (χ3n) is 2.05. The summed E-state index contributed by atoms with van der Waals surface area (Å²) in [5.41, 5.74) is 1.02. The van der Waals surface area contributed by atoms with Crippen LogP contribution in [-0.4, -0.2) is 29.3 Å². The molecule has 4 nitrogen and oxygen atoms in total. The number of anilines is 1. The van der Waals surface area contributed by atoms with Gasteiger partial charge in [0.15, 0.2) is 5.82 Å². The second kappa shape index (κ2) is 3.84. The maximum absolute atomic E-state index is 9.30. The Morgan fingerprint density at radius 1 is 1.71 bits per heavy atom. The number of aromatic nitrogens is 1. The predicted octanol–water partition coefficient (Wildman–Crippen LogP) is 1.27. The first-order valence-corrected chi connectivity index (χ1v) is 5.17. The maximum atomic E-state index is 9.30. The molecule has 1 saturated heterocycles. The average Bonchev–Trinajstić information content (AvgIpc) is 2.51. The number of nitrogens with zero attached hydrogens (tertiary/aromatic N) is 2. The zero-order valence-corrected chi connectivity index (χ0v) is 9.36. The lowest BCUT2D eigenvalue weighted by atomic mass is 10.3. The Hall–Kier alpha value is -0.650. The van der Waals surface area contributed by atoms with E-state index in [0.717, 1.165) is 15.9 Å². The van der Waals surface area contributed by atoms with Crippen LogP contribution in [0.2, 0.25) is 0 Å². The van der Waals surface area contributed by atoms with Gasteiger partial charge in [-0.1, -0.05) is 0 Å². The molecule has 76 valence electrons. The van der Waals surface area contributed by atoms with Gasteiger partial charge in [0.2, 0.25) is 0 Å². The predicted molar refractivity (Wildman–Crippen MR) is 56.0 cm³/mol. The van der Waals surface area contributed by atoms with E-state index in [9.17, 15) is 5.11 Å². The van der Waals surface area contributed by atoms with Gasteiger partial charge in [-0.3, -0.25) is 4.84 Å². The Kier molecular flexibility index (Phi) is 2.71. The van der Waals surface area contributed by atoms with Gasteiger partial charge in [-0.25, -0.2) is 10.0 Å². The second-order valence-corrected chi connectivity index (χ2v) is 4.22. The molecule has 1 aromatic heterocycles. The summed E-state index contributed by atoms with van der Waals surface area (Å²) in [5.74, 6) is 0.768. The van der Waals surface area contributed by atoms with Crippen LogP contribution in [0.4, 0.5) is 5.82 Å². The van der Waals surface area contributed by atoms with Crippen LogP contribution in [0.3, 0.4) is 0 Å². The van der Waals surface area contributed by atoms with Gasteiger partial charge in [-0.15, -0.1) is 0 Å². The van der Waals surface area contributed by atoms with Crippen LogP contribution in [-0.2, 0) is 4.84 Å². The molecule has 0 aromatic carbocycles. The molecule has 0 radical (unpaired) electrons. The van der Waals surface area contributed by atoms with E-state index < -0.39 is 6.10 Å². The van der Waals surface area contributed by atoms with Crippen molar-refractivity contribution in [3.05, 3.63) is 22.3 Å². The molecule has 5 heteroatoms. The highest BCUT2D eigenvalue weighted by Gasteiger charge is 2.23. The van der Waals surface area contributed by atoms with Crippen molar-refractivity contribution in [3.63, 3.8) is 0 Å². The van der Waals surface area contributed by atoms with Crippen molar-refractivity contribution in [3.8, 4) is 0 Å². The molecule has 1 fully saturated rings. The van der Waals surface area contributed by atoms with Crippen LogP contribution >= 0.6 is 15.9 Å². The first kappa shape index (κ1) is 9.89. The summed E-state index contributed by atoms with van der Waals surface area (Å²) in [6.07, 6.45) is 1.30. The molecular formula is C9H11BrN2O2. The number of hydrogen-bond donors (Lipinski definition) is 1. The van der Waals surface area contributed by atoms with E-state index in [1.54, 1.807) is 11.3 Å². The standard InChI is InChI=1S/C9H11BrN2O2/c1-6-2-7(10)3-11-9(6)12-4-8(13)5-14-12/h2-3,8,13H,4-5H2,1H3. The molecule has 2 heterocycles. The van der Waals surface area contributed by atoms with Crippen molar-refractivity contribution in [1.29, 1.82) is 0 Å². The van der Waals surface area contributed by atoms with Crippen LogP contribution in [0.25, 0.3) is 0 Å². The van der Waals surface area contributed by atoms with Crippen LogP contribution in [0.1, 0.15) is 5.56 Å². The first-order chi connectivity index (χ1) is 6.66. The summed E-state index contributed by atoms with van der Waals surface area (Å²) in [5, 5.41) is 10.9. The minimum absolute atomic E-state index is 0.344. The number of rotatable bonds is 1. The Bertz CT molecular complexity index is 346. The SMILES string of the molecule is Cc1cc(Br)cnc1N1CC(O)CO1. The molecule has 0 saturated carbocycles. The van der Waals surface area contributed by atoms with Crippen LogP contribution in [0, 0.1) is 6.92 Å². The molecule has 1 aliphatic rings. The highest BCUT2D eigenvalue weighted by molar-refractivity contribution is 9.10. The van der Waals surface area contributed by atoms with Crippen molar-refractivity contribution >= 4 is 21.7 Å². The highest BCUT2D eigenvalue weighted by atomic mass is 79.9. The molecule has 0 spiro atoms. The van der Waals surface area contributed by atoms with E-state index in [1.165, 1.54) is 0 Å². The number of aryl methyl sites for hydroxylation is 1. The van der Waals surface area contributed by atoms with Gasteiger partial charge in [0.05, 0.1) is 12.6 Å². The van der Waals surface area contributed by atoms with E-state index in [0.29, 0.717) is 13.2 Å². The van der Waals surface area contributed by atoms with Gasteiger partial charge >= 0.3 is 0 Å². The monoisotopic (exact) mass is 258 g/mol. The van der Waals surface area contributed by atoms with Crippen LogP contribution < -0.4 is 5.06 Å². The minimum Gasteiger partial charge on any atom is -0.389 e. The van der Waals surface area contributed by atoms with E-state index in [-0.39, 0.29) is 0 Å².